The molecule has 6 nitrogen and oxygen atoms in total. The number of hydrogen-bond acceptors (Lipinski definition) is 3. The molecule has 0 saturated carbocycles. The van der Waals surface area contributed by atoms with E-state index in [1.165, 1.54) is 0 Å². The summed E-state index contributed by atoms with van der Waals surface area (Å²) >= 11 is 0. The second kappa shape index (κ2) is 13.8. The number of para-hydroxylation sites is 1. The Balaban J connectivity index is 0.00000392. The Kier molecular flexibility index (Phi) is 11.7. The average Bonchev–Trinajstić information content (AvgIpc) is 2.73. The first-order valence-electron chi connectivity index (χ1n) is 9.14. The molecule has 0 aliphatic rings. The summed E-state index contributed by atoms with van der Waals surface area (Å²) in [5, 5.41) is 9.46. The average molecular weight is 496 g/mol. The van der Waals surface area contributed by atoms with Crippen LogP contribution in [0.1, 0.15) is 22.3 Å². The number of nitrogens with zero attached hydrogens (tertiary/aromatic N) is 1. The van der Waals surface area contributed by atoms with Gasteiger partial charge in [0.15, 0.2) is 5.96 Å². The van der Waals surface area contributed by atoms with Gasteiger partial charge in [-0.15, -0.1) is 24.0 Å². The summed E-state index contributed by atoms with van der Waals surface area (Å²) in [5.74, 6) is 1.60. The van der Waals surface area contributed by atoms with Crippen LogP contribution in [0.25, 0.3) is 0 Å². The molecule has 7 heteroatoms. The molecule has 0 saturated heterocycles. The number of nitrogens with one attached hydrogen (secondary N) is 3. The van der Waals surface area contributed by atoms with Crippen LogP contribution in [0.5, 0.6) is 5.75 Å². The van der Waals surface area contributed by atoms with Gasteiger partial charge in [-0.3, -0.25) is 9.79 Å². The molecule has 1 amide bonds. The molecule has 0 aliphatic heterocycles. The van der Waals surface area contributed by atoms with Gasteiger partial charge in [0.25, 0.3) is 5.91 Å². The highest BCUT2D eigenvalue weighted by Gasteiger charge is 2.04. The summed E-state index contributed by atoms with van der Waals surface area (Å²) in [7, 11) is 3.43. The number of amides is 1. The normalized spacial score (nSPS) is 10.6. The lowest BCUT2D eigenvalue weighted by molar-refractivity contribution is 0.0953. The number of guanidine groups is 1. The molecule has 0 bridgehead atoms. The Hall–Kier alpha value is -2.29. The van der Waals surface area contributed by atoms with Crippen molar-refractivity contribution in [2.75, 3.05) is 33.8 Å². The van der Waals surface area contributed by atoms with Crippen molar-refractivity contribution in [2.45, 2.75) is 12.8 Å². The Bertz CT molecular complexity index is 738. The van der Waals surface area contributed by atoms with E-state index in [1.807, 2.05) is 36.4 Å². The standard InChI is InChI=1S/C21H28N4O2.HI/c1-22-21(25-16-13-17-9-6-7-12-19(17)27-2)24-15-8-14-23-20(26)18-10-4-3-5-11-18;/h3-7,9-12H,8,13-16H2,1-2H3,(H,23,26)(H2,22,24,25);1H. The van der Waals surface area contributed by atoms with Crippen molar-refractivity contribution >= 4 is 35.8 Å². The second-order valence-corrected chi connectivity index (χ2v) is 5.96. The molecule has 0 unspecified atom stereocenters. The van der Waals surface area contributed by atoms with E-state index in [2.05, 4.69) is 27.0 Å². The summed E-state index contributed by atoms with van der Waals surface area (Å²) in [6, 6.07) is 17.2. The van der Waals surface area contributed by atoms with Crippen LogP contribution in [0.2, 0.25) is 0 Å². The smallest absolute Gasteiger partial charge is 0.251 e. The monoisotopic (exact) mass is 496 g/mol. The number of ether oxygens (including phenoxy) is 1. The highest BCUT2D eigenvalue weighted by Crippen LogP contribution is 2.17. The van der Waals surface area contributed by atoms with Gasteiger partial charge in [-0.05, 0) is 36.6 Å². The molecule has 28 heavy (non-hydrogen) atoms. The third-order valence-electron chi connectivity index (χ3n) is 4.07. The molecule has 0 atom stereocenters. The van der Waals surface area contributed by atoms with E-state index in [4.69, 9.17) is 4.74 Å². The van der Waals surface area contributed by atoms with E-state index in [-0.39, 0.29) is 29.9 Å². The minimum Gasteiger partial charge on any atom is -0.496 e. The fourth-order valence-corrected chi connectivity index (χ4v) is 2.63. The van der Waals surface area contributed by atoms with Crippen molar-refractivity contribution in [3.05, 3.63) is 65.7 Å². The third kappa shape index (κ3) is 8.16. The van der Waals surface area contributed by atoms with E-state index >= 15 is 0 Å². The zero-order valence-electron chi connectivity index (χ0n) is 16.4. The maximum Gasteiger partial charge on any atom is 0.251 e. The van der Waals surface area contributed by atoms with Gasteiger partial charge in [-0.25, -0.2) is 0 Å². The molecule has 0 fully saturated rings. The van der Waals surface area contributed by atoms with E-state index in [1.54, 1.807) is 26.3 Å². The predicted octanol–water partition coefficient (Wildman–Crippen LogP) is 2.84. The first-order valence-corrected chi connectivity index (χ1v) is 9.14. The summed E-state index contributed by atoms with van der Waals surface area (Å²) in [5.41, 5.74) is 1.84. The van der Waals surface area contributed by atoms with E-state index < -0.39 is 0 Å². The molecular weight excluding hydrogens is 467 g/mol. The number of rotatable bonds is 9. The van der Waals surface area contributed by atoms with Crippen molar-refractivity contribution in [3.8, 4) is 5.75 Å². The van der Waals surface area contributed by atoms with Crippen LogP contribution in [0.3, 0.4) is 0 Å². The molecular formula is C21H29IN4O2. The molecule has 0 aliphatic carbocycles. The highest BCUT2D eigenvalue weighted by molar-refractivity contribution is 14.0. The van der Waals surface area contributed by atoms with Gasteiger partial charge >= 0.3 is 0 Å². The van der Waals surface area contributed by atoms with Crippen molar-refractivity contribution < 1.29 is 9.53 Å². The van der Waals surface area contributed by atoms with Gasteiger partial charge < -0.3 is 20.7 Å². The third-order valence-corrected chi connectivity index (χ3v) is 4.07. The second-order valence-electron chi connectivity index (χ2n) is 5.96. The highest BCUT2D eigenvalue weighted by atomic mass is 127. The first-order chi connectivity index (χ1) is 13.2. The van der Waals surface area contributed by atoms with E-state index in [9.17, 15) is 4.79 Å². The zero-order valence-corrected chi connectivity index (χ0v) is 18.7. The number of halogens is 1. The maximum absolute atomic E-state index is 11.9. The lowest BCUT2D eigenvalue weighted by Gasteiger charge is -2.13. The fourth-order valence-electron chi connectivity index (χ4n) is 2.63. The minimum atomic E-state index is -0.0464. The van der Waals surface area contributed by atoms with Crippen molar-refractivity contribution in [3.63, 3.8) is 0 Å². The molecule has 2 rings (SSSR count). The predicted molar refractivity (Wildman–Crippen MR) is 125 cm³/mol. The summed E-state index contributed by atoms with van der Waals surface area (Å²) in [4.78, 5) is 16.2. The van der Waals surface area contributed by atoms with Gasteiger partial charge in [0, 0.05) is 32.2 Å². The molecule has 152 valence electrons. The summed E-state index contributed by atoms with van der Waals surface area (Å²) < 4.78 is 5.36. The summed E-state index contributed by atoms with van der Waals surface area (Å²) in [6.07, 6.45) is 1.66. The zero-order chi connectivity index (χ0) is 19.3. The number of benzene rings is 2. The van der Waals surface area contributed by atoms with Crippen LogP contribution in [0.15, 0.2) is 59.6 Å². The molecule has 0 aromatic heterocycles. The van der Waals surface area contributed by atoms with Crippen LogP contribution < -0.4 is 20.7 Å². The topological polar surface area (TPSA) is 74.8 Å². The molecule has 0 spiro atoms. The van der Waals surface area contributed by atoms with Crippen LogP contribution in [-0.2, 0) is 6.42 Å². The molecule has 3 N–H and O–H groups in total. The van der Waals surface area contributed by atoms with Crippen molar-refractivity contribution in [2.24, 2.45) is 4.99 Å². The van der Waals surface area contributed by atoms with Crippen molar-refractivity contribution in [1.82, 2.24) is 16.0 Å². The number of aliphatic imine (C=N–C) groups is 1. The van der Waals surface area contributed by atoms with Crippen molar-refractivity contribution in [1.29, 1.82) is 0 Å². The Morgan fingerprint density at radius 1 is 0.929 bits per heavy atom. The van der Waals surface area contributed by atoms with Gasteiger partial charge in [0.1, 0.15) is 5.75 Å². The molecule has 2 aromatic rings. The molecule has 2 aromatic carbocycles. The Morgan fingerprint density at radius 2 is 1.57 bits per heavy atom. The SMILES string of the molecule is CN=C(NCCCNC(=O)c1ccccc1)NCCc1ccccc1OC.I. The first kappa shape index (κ1) is 23.7. The number of methoxy groups -OCH3 is 1. The Labute approximate surface area is 184 Å². The quantitative estimate of drug-likeness (QED) is 0.216. The van der Waals surface area contributed by atoms with Crippen LogP contribution in [0, 0.1) is 0 Å². The van der Waals surface area contributed by atoms with Gasteiger partial charge in [-0.1, -0.05) is 36.4 Å². The van der Waals surface area contributed by atoms with Gasteiger partial charge in [0.2, 0.25) is 0 Å². The van der Waals surface area contributed by atoms with Gasteiger partial charge in [0.05, 0.1) is 7.11 Å². The van der Waals surface area contributed by atoms with Crippen LogP contribution in [-0.4, -0.2) is 45.7 Å². The lowest BCUT2D eigenvalue weighted by Crippen LogP contribution is -2.39. The van der Waals surface area contributed by atoms with Gasteiger partial charge in [-0.2, -0.15) is 0 Å². The Morgan fingerprint density at radius 3 is 2.29 bits per heavy atom. The van der Waals surface area contributed by atoms with Crippen LogP contribution >= 0.6 is 24.0 Å². The number of carbonyl (C=O) groups is 1. The van der Waals surface area contributed by atoms with E-state index in [0.29, 0.717) is 12.1 Å². The van der Waals surface area contributed by atoms with E-state index in [0.717, 1.165) is 43.2 Å². The molecule has 0 heterocycles. The fraction of sp³-hybridized carbons (Fsp3) is 0.333. The number of carbonyl (C=O) groups excluding carboxylic acids is 1. The molecule has 0 radical (unpaired) electrons. The number of hydrogen-bond donors (Lipinski definition) is 3. The maximum atomic E-state index is 11.9. The summed E-state index contributed by atoms with van der Waals surface area (Å²) in [6.45, 7) is 2.09. The minimum absolute atomic E-state index is 0. The lowest BCUT2D eigenvalue weighted by atomic mass is 10.1. The largest absolute Gasteiger partial charge is 0.496 e. The van der Waals surface area contributed by atoms with Crippen LogP contribution in [0.4, 0.5) is 0 Å².